The standard InChI is InChI=1S/C28H26ClN5O3/c1-2-18-3-9-24(23(15-18)28(37)33-25-10-8-22(29)16-31-25)32-27(36)21-6-4-20(5-7-21)26(30)34-13-11-19(17-35)12-14-34/h1,3-10,15-16,19,30,35H,11-14,17H2,(H,32,36)(H,31,33,37). The Morgan fingerprint density at radius 1 is 1.05 bits per heavy atom. The van der Waals surface area contributed by atoms with Crippen LogP contribution in [0.4, 0.5) is 11.5 Å². The van der Waals surface area contributed by atoms with E-state index in [1.165, 1.54) is 12.3 Å². The van der Waals surface area contributed by atoms with Crippen molar-refractivity contribution in [2.75, 3.05) is 30.3 Å². The van der Waals surface area contributed by atoms with Gasteiger partial charge in [-0.1, -0.05) is 29.7 Å². The number of anilines is 2. The highest BCUT2D eigenvalue weighted by atomic mass is 35.5. The monoisotopic (exact) mass is 515 g/mol. The van der Waals surface area contributed by atoms with Gasteiger partial charge in [-0.15, -0.1) is 6.42 Å². The maximum Gasteiger partial charge on any atom is 0.258 e. The lowest BCUT2D eigenvalue weighted by Gasteiger charge is -2.33. The van der Waals surface area contributed by atoms with Crippen molar-refractivity contribution in [1.29, 1.82) is 5.41 Å². The molecule has 4 N–H and O–H groups in total. The maximum absolute atomic E-state index is 13.0. The third-order valence-corrected chi connectivity index (χ3v) is 6.48. The molecule has 0 spiro atoms. The largest absolute Gasteiger partial charge is 0.396 e. The Morgan fingerprint density at radius 3 is 2.38 bits per heavy atom. The number of likely N-dealkylation sites (tertiary alicyclic amines) is 1. The number of nitrogens with zero attached hydrogens (tertiary/aromatic N) is 2. The number of aliphatic hydroxyl groups excluding tert-OH is 1. The summed E-state index contributed by atoms with van der Waals surface area (Å²) in [4.78, 5) is 32.0. The average Bonchev–Trinajstić information content (AvgIpc) is 2.94. The third kappa shape index (κ3) is 6.33. The number of nitrogens with one attached hydrogen (secondary N) is 3. The number of benzene rings is 2. The highest BCUT2D eigenvalue weighted by Gasteiger charge is 2.21. The van der Waals surface area contributed by atoms with Crippen molar-refractivity contribution >= 4 is 40.8 Å². The molecule has 1 fully saturated rings. The summed E-state index contributed by atoms with van der Waals surface area (Å²) < 4.78 is 0. The zero-order valence-electron chi connectivity index (χ0n) is 20.0. The SMILES string of the molecule is C#Cc1ccc(NC(=O)c2ccc(C(=N)N3CCC(CO)CC3)cc2)c(C(=O)Nc2ccc(Cl)cn2)c1. The summed E-state index contributed by atoms with van der Waals surface area (Å²) in [5.74, 6) is 2.58. The van der Waals surface area contributed by atoms with Crippen LogP contribution in [0.25, 0.3) is 0 Å². The first-order valence-electron chi connectivity index (χ1n) is 11.8. The number of amides is 2. The van der Waals surface area contributed by atoms with Crippen LogP contribution in [0.1, 0.15) is 44.7 Å². The number of terminal acetylenes is 1. The highest BCUT2D eigenvalue weighted by Crippen LogP contribution is 2.22. The van der Waals surface area contributed by atoms with E-state index in [0.717, 1.165) is 25.9 Å². The Bertz CT molecular complexity index is 1340. The van der Waals surface area contributed by atoms with Gasteiger partial charge in [0.2, 0.25) is 0 Å². The molecule has 2 aromatic carbocycles. The molecule has 37 heavy (non-hydrogen) atoms. The van der Waals surface area contributed by atoms with Crippen molar-refractivity contribution in [3.05, 3.63) is 88.1 Å². The lowest BCUT2D eigenvalue weighted by atomic mass is 9.97. The predicted octanol–water partition coefficient (Wildman–Crippen LogP) is 4.25. The van der Waals surface area contributed by atoms with Gasteiger partial charge in [0.15, 0.2) is 0 Å². The van der Waals surface area contributed by atoms with Crippen LogP contribution in [0.15, 0.2) is 60.8 Å². The molecule has 8 nitrogen and oxygen atoms in total. The number of carbonyl (C=O) groups excluding carboxylic acids is 2. The van der Waals surface area contributed by atoms with E-state index in [2.05, 4.69) is 21.5 Å². The summed E-state index contributed by atoms with van der Waals surface area (Å²) in [6.07, 6.45) is 8.62. The number of pyridine rings is 1. The molecule has 0 saturated carbocycles. The van der Waals surface area contributed by atoms with Gasteiger partial charge in [-0.3, -0.25) is 15.0 Å². The molecule has 9 heteroatoms. The Balaban J connectivity index is 1.47. The molecule has 188 valence electrons. The smallest absolute Gasteiger partial charge is 0.258 e. The van der Waals surface area contributed by atoms with Crippen LogP contribution < -0.4 is 10.6 Å². The molecule has 0 bridgehead atoms. The molecule has 1 aliphatic rings. The zero-order valence-corrected chi connectivity index (χ0v) is 20.8. The lowest BCUT2D eigenvalue weighted by molar-refractivity contribution is 0.102. The van der Waals surface area contributed by atoms with Crippen molar-refractivity contribution in [3.63, 3.8) is 0 Å². The van der Waals surface area contributed by atoms with Crippen molar-refractivity contribution < 1.29 is 14.7 Å². The summed E-state index contributed by atoms with van der Waals surface area (Å²) in [6, 6.07) is 14.7. The molecule has 0 unspecified atom stereocenters. The Labute approximate surface area is 220 Å². The summed E-state index contributed by atoms with van der Waals surface area (Å²) in [7, 11) is 0. The summed E-state index contributed by atoms with van der Waals surface area (Å²) in [6.45, 7) is 1.62. The molecule has 2 heterocycles. The summed E-state index contributed by atoms with van der Waals surface area (Å²) >= 11 is 5.86. The number of halogens is 1. The molecule has 3 aromatic rings. The molecule has 0 radical (unpaired) electrons. The van der Waals surface area contributed by atoms with Gasteiger partial charge in [0, 0.05) is 42.6 Å². The van der Waals surface area contributed by atoms with E-state index in [1.807, 2.05) is 4.90 Å². The topological polar surface area (TPSA) is 118 Å². The van der Waals surface area contributed by atoms with E-state index in [1.54, 1.807) is 48.5 Å². The van der Waals surface area contributed by atoms with Crippen LogP contribution in [0.3, 0.4) is 0 Å². The maximum atomic E-state index is 13.0. The molecule has 0 atom stereocenters. The molecular formula is C28H26ClN5O3. The van der Waals surface area contributed by atoms with Gasteiger partial charge in [-0.05, 0) is 61.2 Å². The second-order valence-corrected chi connectivity index (χ2v) is 9.15. The second kappa shape index (κ2) is 11.7. The first-order chi connectivity index (χ1) is 17.9. The zero-order chi connectivity index (χ0) is 26.4. The van der Waals surface area contributed by atoms with Crippen LogP contribution in [0.5, 0.6) is 0 Å². The lowest BCUT2D eigenvalue weighted by Crippen LogP contribution is -2.39. The fraction of sp³-hybridized carbons (Fsp3) is 0.214. The number of amidine groups is 1. The number of carbonyl (C=O) groups is 2. The van der Waals surface area contributed by atoms with E-state index >= 15 is 0 Å². The molecular weight excluding hydrogens is 490 g/mol. The number of hydrogen-bond donors (Lipinski definition) is 4. The van der Waals surface area contributed by atoms with Crippen LogP contribution in [-0.4, -0.2) is 52.3 Å². The van der Waals surface area contributed by atoms with Crippen molar-refractivity contribution in [2.24, 2.45) is 5.92 Å². The normalized spacial score (nSPS) is 13.5. The number of rotatable bonds is 6. The minimum atomic E-state index is -0.490. The molecule has 0 aliphatic carbocycles. The molecule has 1 aromatic heterocycles. The third-order valence-electron chi connectivity index (χ3n) is 6.26. The van der Waals surface area contributed by atoms with Crippen molar-refractivity contribution in [3.8, 4) is 12.3 Å². The number of piperidine rings is 1. The predicted molar refractivity (Wildman–Crippen MR) is 144 cm³/mol. The first kappa shape index (κ1) is 25.9. The minimum Gasteiger partial charge on any atom is -0.396 e. The molecule has 1 saturated heterocycles. The molecule has 1 aliphatic heterocycles. The fourth-order valence-electron chi connectivity index (χ4n) is 4.06. The van der Waals surface area contributed by atoms with Gasteiger partial charge in [0.25, 0.3) is 11.8 Å². The summed E-state index contributed by atoms with van der Waals surface area (Å²) in [5, 5.41) is 23.7. The van der Waals surface area contributed by atoms with E-state index in [0.29, 0.717) is 45.0 Å². The van der Waals surface area contributed by atoms with Gasteiger partial charge < -0.3 is 20.6 Å². The molecule has 4 rings (SSSR count). The number of hydrogen-bond acceptors (Lipinski definition) is 5. The summed E-state index contributed by atoms with van der Waals surface area (Å²) in [5.41, 5.74) is 2.04. The Morgan fingerprint density at radius 2 is 1.76 bits per heavy atom. The Kier molecular flexibility index (Phi) is 8.18. The van der Waals surface area contributed by atoms with Crippen molar-refractivity contribution in [2.45, 2.75) is 12.8 Å². The van der Waals surface area contributed by atoms with E-state index in [9.17, 15) is 14.7 Å². The van der Waals surface area contributed by atoms with Crippen LogP contribution in [-0.2, 0) is 0 Å². The highest BCUT2D eigenvalue weighted by molar-refractivity contribution is 6.30. The van der Waals surface area contributed by atoms with Crippen LogP contribution in [0, 0.1) is 23.7 Å². The van der Waals surface area contributed by atoms with Crippen LogP contribution in [0.2, 0.25) is 5.02 Å². The van der Waals surface area contributed by atoms with Gasteiger partial charge >= 0.3 is 0 Å². The van der Waals surface area contributed by atoms with Crippen LogP contribution >= 0.6 is 11.6 Å². The van der Waals surface area contributed by atoms with Gasteiger partial charge in [-0.2, -0.15) is 0 Å². The van der Waals surface area contributed by atoms with E-state index in [4.69, 9.17) is 23.4 Å². The van der Waals surface area contributed by atoms with E-state index in [-0.39, 0.29) is 12.2 Å². The number of aromatic nitrogens is 1. The average molecular weight is 516 g/mol. The fourth-order valence-corrected chi connectivity index (χ4v) is 4.17. The van der Waals surface area contributed by atoms with Gasteiger partial charge in [-0.25, -0.2) is 4.98 Å². The first-order valence-corrected chi connectivity index (χ1v) is 12.2. The second-order valence-electron chi connectivity index (χ2n) is 8.71. The van der Waals surface area contributed by atoms with Gasteiger partial charge in [0.1, 0.15) is 11.7 Å². The number of aliphatic hydroxyl groups is 1. The van der Waals surface area contributed by atoms with Crippen molar-refractivity contribution in [1.82, 2.24) is 9.88 Å². The quantitative estimate of drug-likeness (QED) is 0.222. The van der Waals surface area contributed by atoms with Gasteiger partial charge in [0.05, 0.1) is 16.3 Å². The van der Waals surface area contributed by atoms with E-state index < -0.39 is 11.8 Å². The minimum absolute atomic E-state index is 0.178. The Hall–Kier alpha value is -4.19. The molecule has 2 amide bonds.